The molecule has 2 aromatic carbocycles. The molecule has 0 saturated carbocycles. The van der Waals surface area contributed by atoms with E-state index in [-0.39, 0.29) is 5.92 Å². The zero-order valence-electron chi connectivity index (χ0n) is 20.7. The number of carbonyl (C=O) groups is 1. The van der Waals surface area contributed by atoms with Gasteiger partial charge >= 0.3 is 5.97 Å². The molecule has 0 saturated heterocycles. The van der Waals surface area contributed by atoms with Gasteiger partial charge in [0.1, 0.15) is 16.9 Å². The zero-order chi connectivity index (χ0) is 23.9. The summed E-state index contributed by atoms with van der Waals surface area (Å²) in [5.41, 5.74) is 2.15. The predicted octanol–water partition coefficient (Wildman–Crippen LogP) is 8.82. The van der Waals surface area contributed by atoms with E-state index in [1.54, 1.807) is 12.1 Å². The van der Waals surface area contributed by atoms with Gasteiger partial charge in [-0.05, 0) is 47.7 Å². The molecule has 182 valence electrons. The predicted molar refractivity (Wildman–Crippen MR) is 139 cm³/mol. The Morgan fingerprint density at radius 3 is 1.67 bits per heavy atom. The van der Waals surface area contributed by atoms with Gasteiger partial charge in [-0.25, -0.2) is 0 Å². The van der Waals surface area contributed by atoms with Crippen LogP contribution in [0.15, 0.2) is 48.5 Å². The van der Waals surface area contributed by atoms with Crippen molar-refractivity contribution in [3.63, 3.8) is 0 Å². The standard InChI is InChI=1S/C29H41ClO3/c1-4-5-6-7-8-9-10-11-12-13-22-32-26-18-14-24(15-19-26)25-16-20-27(21-17-25)33-29(31)28(30)23(2)3/h14-21,23,28H,4-13,22H2,1-3H3. The Labute approximate surface area is 205 Å². The second-order valence-electron chi connectivity index (χ2n) is 9.15. The van der Waals surface area contributed by atoms with E-state index in [0.717, 1.165) is 29.9 Å². The molecule has 3 nitrogen and oxygen atoms in total. The fourth-order valence-corrected chi connectivity index (χ4v) is 3.73. The van der Waals surface area contributed by atoms with Gasteiger partial charge in [0.15, 0.2) is 0 Å². The summed E-state index contributed by atoms with van der Waals surface area (Å²) in [5, 5.41) is -0.641. The molecule has 0 heterocycles. The molecule has 0 amide bonds. The summed E-state index contributed by atoms with van der Waals surface area (Å²) in [7, 11) is 0. The van der Waals surface area contributed by atoms with E-state index in [0.29, 0.717) is 5.75 Å². The van der Waals surface area contributed by atoms with E-state index in [4.69, 9.17) is 21.1 Å². The first-order chi connectivity index (χ1) is 16.0. The Hall–Kier alpha value is -2.00. The maximum absolute atomic E-state index is 12.0. The summed E-state index contributed by atoms with van der Waals surface area (Å²) in [5.74, 6) is 1.03. The molecule has 33 heavy (non-hydrogen) atoms. The van der Waals surface area contributed by atoms with Crippen LogP contribution in [-0.2, 0) is 4.79 Å². The fourth-order valence-electron chi connectivity index (χ4n) is 3.68. The smallest absolute Gasteiger partial charge is 0.329 e. The molecule has 0 aromatic heterocycles. The van der Waals surface area contributed by atoms with Crippen molar-refractivity contribution in [2.24, 2.45) is 5.92 Å². The van der Waals surface area contributed by atoms with Crippen molar-refractivity contribution in [2.75, 3.05) is 6.61 Å². The number of alkyl halides is 1. The van der Waals surface area contributed by atoms with Crippen LogP contribution in [0, 0.1) is 5.92 Å². The first-order valence-electron chi connectivity index (χ1n) is 12.7. The normalized spacial score (nSPS) is 12.0. The minimum atomic E-state index is -0.641. The van der Waals surface area contributed by atoms with Gasteiger partial charge < -0.3 is 9.47 Å². The molecule has 0 fully saturated rings. The van der Waals surface area contributed by atoms with E-state index in [1.807, 2.05) is 38.1 Å². The maximum atomic E-state index is 12.0. The van der Waals surface area contributed by atoms with Gasteiger partial charge in [0.05, 0.1) is 6.61 Å². The third-order valence-corrected chi connectivity index (χ3v) is 6.52. The van der Waals surface area contributed by atoms with Gasteiger partial charge in [-0.3, -0.25) is 4.79 Å². The van der Waals surface area contributed by atoms with E-state index in [1.165, 1.54) is 57.8 Å². The molecule has 0 aliphatic carbocycles. The molecule has 4 heteroatoms. The molecule has 0 spiro atoms. The van der Waals surface area contributed by atoms with Gasteiger partial charge in [-0.2, -0.15) is 0 Å². The zero-order valence-corrected chi connectivity index (χ0v) is 21.4. The molecule has 2 aromatic rings. The number of benzene rings is 2. The highest BCUT2D eigenvalue weighted by Gasteiger charge is 2.21. The number of ether oxygens (including phenoxy) is 2. The summed E-state index contributed by atoms with van der Waals surface area (Å²) in [6.07, 6.45) is 13.3. The molecule has 1 unspecified atom stereocenters. The molecule has 1 atom stereocenters. The van der Waals surface area contributed by atoms with Crippen molar-refractivity contribution in [2.45, 2.75) is 90.4 Å². The minimum Gasteiger partial charge on any atom is -0.494 e. The van der Waals surface area contributed by atoms with E-state index in [9.17, 15) is 4.79 Å². The lowest BCUT2D eigenvalue weighted by atomic mass is 10.1. The van der Waals surface area contributed by atoms with Crippen LogP contribution < -0.4 is 9.47 Å². The van der Waals surface area contributed by atoms with Crippen molar-refractivity contribution in [1.29, 1.82) is 0 Å². The lowest BCUT2D eigenvalue weighted by molar-refractivity contribution is -0.134. The molecule has 0 aliphatic rings. The lowest BCUT2D eigenvalue weighted by Gasteiger charge is -2.12. The maximum Gasteiger partial charge on any atom is 0.329 e. The summed E-state index contributed by atoms with van der Waals surface area (Å²) in [4.78, 5) is 12.0. The molecule has 0 radical (unpaired) electrons. The average molecular weight is 473 g/mol. The van der Waals surface area contributed by atoms with Crippen molar-refractivity contribution in [1.82, 2.24) is 0 Å². The largest absolute Gasteiger partial charge is 0.494 e. The number of rotatable bonds is 16. The van der Waals surface area contributed by atoms with Crippen LogP contribution in [-0.4, -0.2) is 18.0 Å². The van der Waals surface area contributed by atoms with Crippen molar-refractivity contribution >= 4 is 17.6 Å². The van der Waals surface area contributed by atoms with Crippen LogP contribution >= 0.6 is 11.6 Å². The molecular weight excluding hydrogens is 432 g/mol. The van der Waals surface area contributed by atoms with Crippen LogP contribution in [0.25, 0.3) is 11.1 Å². The molecular formula is C29H41ClO3. The van der Waals surface area contributed by atoms with E-state index < -0.39 is 11.3 Å². The molecule has 2 rings (SSSR count). The summed E-state index contributed by atoms with van der Waals surface area (Å²) >= 11 is 6.06. The SMILES string of the molecule is CCCCCCCCCCCCOc1ccc(-c2ccc(OC(=O)C(Cl)C(C)C)cc2)cc1. The number of esters is 1. The Bertz CT molecular complexity index is 784. The van der Waals surface area contributed by atoms with Crippen LogP contribution in [0.2, 0.25) is 0 Å². The highest BCUT2D eigenvalue weighted by atomic mass is 35.5. The Balaban J connectivity index is 1.66. The monoisotopic (exact) mass is 472 g/mol. The number of hydrogen-bond donors (Lipinski definition) is 0. The van der Waals surface area contributed by atoms with E-state index >= 15 is 0 Å². The topological polar surface area (TPSA) is 35.5 Å². The molecule has 0 N–H and O–H groups in total. The average Bonchev–Trinajstić information content (AvgIpc) is 2.83. The van der Waals surface area contributed by atoms with Crippen LogP contribution in [0.4, 0.5) is 0 Å². The van der Waals surface area contributed by atoms with Crippen LogP contribution in [0.3, 0.4) is 0 Å². The third kappa shape index (κ3) is 10.6. The minimum absolute atomic E-state index is 0.0317. The van der Waals surface area contributed by atoms with Crippen LogP contribution in [0.5, 0.6) is 11.5 Å². The Kier molecular flexibility index (Phi) is 13.0. The van der Waals surface area contributed by atoms with Gasteiger partial charge in [-0.15, -0.1) is 11.6 Å². The first kappa shape index (κ1) is 27.2. The van der Waals surface area contributed by atoms with E-state index in [2.05, 4.69) is 19.1 Å². The highest BCUT2D eigenvalue weighted by Crippen LogP contribution is 2.25. The Morgan fingerprint density at radius 2 is 1.18 bits per heavy atom. The first-order valence-corrected chi connectivity index (χ1v) is 13.1. The van der Waals surface area contributed by atoms with Gasteiger partial charge in [0.25, 0.3) is 0 Å². The number of carbonyl (C=O) groups excluding carboxylic acids is 1. The summed E-state index contributed by atoms with van der Waals surface area (Å²) in [6, 6.07) is 15.6. The second-order valence-corrected chi connectivity index (χ2v) is 9.62. The van der Waals surface area contributed by atoms with Crippen molar-refractivity contribution in [3.05, 3.63) is 48.5 Å². The summed E-state index contributed by atoms with van der Waals surface area (Å²) < 4.78 is 11.3. The third-order valence-electron chi connectivity index (χ3n) is 5.84. The highest BCUT2D eigenvalue weighted by molar-refractivity contribution is 6.30. The van der Waals surface area contributed by atoms with Crippen LogP contribution in [0.1, 0.15) is 85.0 Å². The fraction of sp³-hybridized carbons (Fsp3) is 0.552. The van der Waals surface area contributed by atoms with Crippen molar-refractivity contribution < 1.29 is 14.3 Å². The second kappa shape index (κ2) is 15.8. The Morgan fingerprint density at radius 1 is 0.727 bits per heavy atom. The summed E-state index contributed by atoms with van der Waals surface area (Å²) in [6.45, 7) is 6.83. The van der Waals surface area contributed by atoms with Gasteiger partial charge in [-0.1, -0.05) is 103 Å². The number of unbranched alkanes of at least 4 members (excludes halogenated alkanes) is 9. The molecule has 0 bridgehead atoms. The number of halogens is 1. The quantitative estimate of drug-likeness (QED) is 0.106. The van der Waals surface area contributed by atoms with Gasteiger partial charge in [0.2, 0.25) is 0 Å². The van der Waals surface area contributed by atoms with Gasteiger partial charge in [0, 0.05) is 0 Å². The lowest BCUT2D eigenvalue weighted by Crippen LogP contribution is -2.25. The van der Waals surface area contributed by atoms with Crippen molar-refractivity contribution in [3.8, 4) is 22.6 Å². The number of hydrogen-bond acceptors (Lipinski definition) is 3. The molecule has 0 aliphatic heterocycles.